The molecular weight excluding hydrogens is 172 g/mol. The van der Waals surface area contributed by atoms with Crippen LogP contribution in [0.3, 0.4) is 0 Å². The predicted octanol–water partition coefficient (Wildman–Crippen LogP) is -1.62. The summed E-state index contributed by atoms with van der Waals surface area (Å²) in [5, 5.41) is 8.08. The van der Waals surface area contributed by atoms with E-state index in [-0.39, 0.29) is 5.91 Å². The van der Waals surface area contributed by atoms with Gasteiger partial charge in [0.15, 0.2) is 0 Å². The summed E-state index contributed by atoms with van der Waals surface area (Å²) in [6.07, 6.45) is 0. The molecule has 0 aromatic carbocycles. The minimum Gasteiger partial charge on any atom is -0.355 e. The summed E-state index contributed by atoms with van der Waals surface area (Å²) in [5.41, 5.74) is 4.84. The molecular formula is C7H16N4O2. The van der Waals surface area contributed by atoms with Crippen LogP contribution in [0.25, 0.3) is 0 Å². The number of carbonyl (C=O) groups is 2. The molecule has 6 heteroatoms. The van der Waals surface area contributed by atoms with Gasteiger partial charge in [-0.1, -0.05) is 0 Å². The first kappa shape index (κ1) is 11.7. The number of hydrogen-bond donors (Lipinski definition) is 4. The van der Waals surface area contributed by atoms with E-state index in [4.69, 9.17) is 5.73 Å². The maximum atomic E-state index is 10.4. The molecule has 0 aromatic rings. The third-order valence-electron chi connectivity index (χ3n) is 1.28. The van der Waals surface area contributed by atoms with Gasteiger partial charge in [-0.15, -0.1) is 0 Å². The molecule has 6 nitrogen and oxygen atoms in total. The van der Waals surface area contributed by atoms with Crippen LogP contribution >= 0.6 is 0 Å². The molecule has 0 saturated carbocycles. The monoisotopic (exact) mass is 188 g/mol. The third-order valence-corrected chi connectivity index (χ3v) is 1.28. The zero-order chi connectivity index (χ0) is 10.1. The van der Waals surface area contributed by atoms with Gasteiger partial charge in [-0.2, -0.15) is 0 Å². The van der Waals surface area contributed by atoms with Crippen LogP contribution in [0.15, 0.2) is 0 Å². The maximum absolute atomic E-state index is 10.4. The lowest BCUT2D eigenvalue weighted by atomic mass is 10.5. The van der Waals surface area contributed by atoms with Crippen molar-refractivity contribution in [2.75, 3.05) is 26.2 Å². The molecule has 0 unspecified atom stereocenters. The summed E-state index contributed by atoms with van der Waals surface area (Å²) >= 11 is 0. The molecule has 0 atom stereocenters. The highest BCUT2D eigenvalue weighted by Crippen LogP contribution is 1.62. The number of hydrogen-bond acceptors (Lipinski definition) is 3. The van der Waals surface area contributed by atoms with Crippen molar-refractivity contribution in [2.24, 2.45) is 5.73 Å². The topological polar surface area (TPSA) is 96.2 Å². The first-order valence-corrected chi connectivity index (χ1v) is 4.11. The summed E-state index contributed by atoms with van der Waals surface area (Å²) in [5.74, 6) is -0.0444. The standard InChI is InChI=1S/C7H16N4O2/c1-6(12)10-4-2-9-3-5-11-7(8)13/h9H,2-5H2,1H3,(H,10,12)(H3,8,11,13). The Kier molecular flexibility index (Phi) is 6.62. The highest BCUT2D eigenvalue weighted by atomic mass is 16.2. The number of amides is 3. The summed E-state index contributed by atoms with van der Waals surface area (Å²) in [7, 11) is 0. The van der Waals surface area contributed by atoms with Gasteiger partial charge in [0.2, 0.25) is 5.91 Å². The van der Waals surface area contributed by atoms with Crippen LogP contribution in [0, 0.1) is 0 Å². The quantitative estimate of drug-likeness (QED) is 0.377. The zero-order valence-electron chi connectivity index (χ0n) is 7.72. The summed E-state index contributed by atoms with van der Waals surface area (Å²) in [4.78, 5) is 20.6. The second-order valence-corrected chi connectivity index (χ2v) is 2.52. The van der Waals surface area contributed by atoms with Crippen LogP contribution in [-0.2, 0) is 4.79 Å². The van der Waals surface area contributed by atoms with Crippen LogP contribution in [0.4, 0.5) is 4.79 Å². The van der Waals surface area contributed by atoms with E-state index in [0.717, 1.165) is 0 Å². The number of primary amides is 1. The van der Waals surface area contributed by atoms with Gasteiger partial charge in [0, 0.05) is 33.1 Å². The second-order valence-electron chi connectivity index (χ2n) is 2.52. The minimum absolute atomic E-state index is 0.0444. The van der Waals surface area contributed by atoms with Crippen molar-refractivity contribution >= 4 is 11.9 Å². The largest absolute Gasteiger partial charge is 0.355 e. The molecule has 0 aliphatic rings. The Morgan fingerprint density at radius 3 is 2.08 bits per heavy atom. The molecule has 0 heterocycles. The molecule has 0 spiro atoms. The Morgan fingerprint density at radius 2 is 1.62 bits per heavy atom. The normalized spacial score (nSPS) is 9.31. The lowest BCUT2D eigenvalue weighted by Crippen LogP contribution is -2.37. The fourth-order valence-corrected chi connectivity index (χ4v) is 0.726. The van der Waals surface area contributed by atoms with Gasteiger partial charge >= 0.3 is 6.03 Å². The molecule has 0 fully saturated rings. The highest BCUT2D eigenvalue weighted by Gasteiger charge is 1.91. The number of nitrogens with one attached hydrogen (secondary N) is 3. The van der Waals surface area contributed by atoms with Crippen molar-refractivity contribution in [3.8, 4) is 0 Å². The van der Waals surface area contributed by atoms with Crippen LogP contribution in [0.2, 0.25) is 0 Å². The van der Waals surface area contributed by atoms with Crippen LogP contribution < -0.4 is 21.7 Å². The van der Waals surface area contributed by atoms with Crippen LogP contribution in [-0.4, -0.2) is 38.1 Å². The van der Waals surface area contributed by atoms with Crippen LogP contribution in [0.5, 0.6) is 0 Å². The van der Waals surface area contributed by atoms with Gasteiger partial charge < -0.3 is 21.7 Å². The van der Waals surface area contributed by atoms with E-state index in [9.17, 15) is 9.59 Å². The Bertz CT molecular complexity index is 154. The fraction of sp³-hybridized carbons (Fsp3) is 0.714. The van der Waals surface area contributed by atoms with E-state index in [1.165, 1.54) is 6.92 Å². The average Bonchev–Trinajstić information content (AvgIpc) is 2.01. The Balaban J connectivity index is 3.00. The third kappa shape index (κ3) is 10.7. The molecule has 0 saturated heterocycles. The number of urea groups is 1. The van der Waals surface area contributed by atoms with Gasteiger partial charge in [-0.05, 0) is 0 Å². The molecule has 0 radical (unpaired) electrons. The summed E-state index contributed by atoms with van der Waals surface area (Å²) < 4.78 is 0. The van der Waals surface area contributed by atoms with E-state index < -0.39 is 6.03 Å². The lowest BCUT2D eigenvalue weighted by Gasteiger charge is -2.05. The maximum Gasteiger partial charge on any atom is 0.312 e. The first-order chi connectivity index (χ1) is 6.13. The van der Waals surface area contributed by atoms with Crippen molar-refractivity contribution in [1.29, 1.82) is 0 Å². The molecule has 0 aliphatic heterocycles. The van der Waals surface area contributed by atoms with Crippen molar-refractivity contribution in [3.63, 3.8) is 0 Å². The molecule has 5 N–H and O–H groups in total. The highest BCUT2D eigenvalue weighted by molar-refractivity contribution is 5.72. The number of carbonyl (C=O) groups excluding carboxylic acids is 2. The molecule has 3 amide bonds. The van der Waals surface area contributed by atoms with Gasteiger partial charge in [-0.25, -0.2) is 4.79 Å². The molecule has 0 bridgehead atoms. The SMILES string of the molecule is CC(=O)NCCNCCNC(N)=O. The summed E-state index contributed by atoms with van der Waals surface area (Å²) in [6, 6.07) is -0.524. The first-order valence-electron chi connectivity index (χ1n) is 4.11. The van der Waals surface area contributed by atoms with Gasteiger partial charge in [-0.3, -0.25) is 4.79 Å². The zero-order valence-corrected chi connectivity index (χ0v) is 7.72. The van der Waals surface area contributed by atoms with Crippen molar-refractivity contribution in [3.05, 3.63) is 0 Å². The van der Waals surface area contributed by atoms with Crippen LogP contribution in [0.1, 0.15) is 6.92 Å². The molecule has 13 heavy (non-hydrogen) atoms. The fourth-order valence-electron chi connectivity index (χ4n) is 0.726. The van der Waals surface area contributed by atoms with Crippen molar-refractivity contribution in [1.82, 2.24) is 16.0 Å². The van der Waals surface area contributed by atoms with Crippen molar-refractivity contribution in [2.45, 2.75) is 6.92 Å². The van der Waals surface area contributed by atoms with E-state index >= 15 is 0 Å². The predicted molar refractivity (Wildman–Crippen MR) is 49.1 cm³/mol. The number of rotatable bonds is 6. The van der Waals surface area contributed by atoms with Gasteiger partial charge in [0.25, 0.3) is 0 Å². The second kappa shape index (κ2) is 7.35. The summed E-state index contributed by atoms with van der Waals surface area (Å²) in [6.45, 7) is 3.87. The van der Waals surface area contributed by atoms with Gasteiger partial charge in [0.1, 0.15) is 0 Å². The Labute approximate surface area is 77.2 Å². The Morgan fingerprint density at radius 1 is 1.08 bits per heavy atom. The average molecular weight is 188 g/mol. The smallest absolute Gasteiger partial charge is 0.312 e. The van der Waals surface area contributed by atoms with E-state index in [0.29, 0.717) is 26.2 Å². The number of nitrogens with two attached hydrogens (primary N) is 1. The Hall–Kier alpha value is -1.30. The molecule has 76 valence electrons. The van der Waals surface area contributed by atoms with E-state index in [1.807, 2.05) is 0 Å². The van der Waals surface area contributed by atoms with Gasteiger partial charge in [0.05, 0.1) is 0 Å². The lowest BCUT2D eigenvalue weighted by molar-refractivity contribution is -0.118. The molecule has 0 aliphatic carbocycles. The van der Waals surface area contributed by atoms with E-state index in [2.05, 4.69) is 16.0 Å². The molecule has 0 rings (SSSR count). The van der Waals surface area contributed by atoms with Crippen molar-refractivity contribution < 1.29 is 9.59 Å². The minimum atomic E-state index is -0.524. The van der Waals surface area contributed by atoms with E-state index in [1.54, 1.807) is 0 Å². The molecule has 0 aromatic heterocycles.